The molecule has 38 heavy (non-hydrogen) atoms. The number of hydrogen-bond acceptors (Lipinski definition) is 6. The van der Waals surface area contributed by atoms with Crippen molar-refractivity contribution in [1.82, 2.24) is 4.57 Å². The summed E-state index contributed by atoms with van der Waals surface area (Å²) >= 11 is 0. The Morgan fingerprint density at radius 3 is 1.92 bits per heavy atom. The van der Waals surface area contributed by atoms with Crippen molar-refractivity contribution in [3.63, 3.8) is 0 Å². The van der Waals surface area contributed by atoms with E-state index < -0.39 is 23.7 Å². The van der Waals surface area contributed by atoms with Crippen molar-refractivity contribution in [2.24, 2.45) is 0 Å². The molecule has 198 valence electrons. The van der Waals surface area contributed by atoms with Crippen LogP contribution in [0.5, 0.6) is 17.2 Å². The van der Waals surface area contributed by atoms with E-state index in [1.165, 1.54) is 32.4 Å². The van der Waals surface area contributed by atoms with E-state index in [0.717, 1.165) is 12.1 Å². The summed E-state index contributed by atoms with van der Waals surface area (Å²) in [7, 11) is 2.39. The molecular formula is C28H24F3NO6. The average Bonchev–Trinajstić information content (AvgIpc) is 3.22. The van der Waals surface area contributed by atoms with Crippen molar-refractivity contribution >= 4 is 22.8 Å². The first-order chi connectivity index (χ1) is 18.0. The molecule has 0 atom stereocenters. The average molecular weight is 527 g/mol. The lowest BCUT2D eigenvalue weighted by Crippen LogP contribution is -2.15. The van der Waals surface area contributed by atoms with Gasteiger partial charge in [0.1, 0.15) is 28.5 Å². The topological polar surface area (TPSA) is 76.0 Å². The fourth-order valence-corrected chi connectivity index (χ4v) is 3.99. The molecule has 0 aliphatic heterocycles. The van der Waals surface area contributed by atoms with Crippen molar-refractivity contribution < 1.29 is 41.7 Å². The van der Waals surface area contributed by atoms with Gasteiger partial charge in [-0.2, -0.15) is 13.2 Å². The summed E-state index contributed by atoms with van der Waals surface area (Å²) in [5.41, 5.74) is 0.118. The highest BCUT2D eigenvalue weighted by Crippen LogP contribution is 2.36. The van der Waals surface area contributed by atoms with E-state index in [-0.39, 0.29) is 28.9 Å². The highest BCUT2D eigenvalue weighted by molar-refractivity contribution is 6.14. The minimum Gasteiger partial charge on any atom is -0.491 e. The van der Waals surface area contributed by atoms with Gasteiger partial charge in [-0.3, -0.25) is 0 Å². The van der Waals surface area contributed by atoms with E-state index in [1.807, 2.05) is 13.8 Å². The van der Waals surface area contributed by atoms with Crippen LogP contribution in [0.4, 0.5) is 13.2 Å². The maximum atomic E-state index is 12.9. The Hall–Kier alpha value is -4.47. The van der Waals surface area contributed by atoms with Gasteiger partial charge in [0.25, 0.3) is 0 Å². The van der Waals surface area contributed by atoms with E-state index >= 15 is 0 Å². The molecule has 1 aromatic heterocycles. The Bertz CT molecular complexity index is 1470. The number of halogens is 3. The van der Waals surface area contributed by atoms with Crippen LogP contribution in [-0.4, -0.2) is 36.8 Å². The first kappa shape index (κ1) is 26.6. The molecule has 1 heterocycles. The number of nitrogens with zero attached hydrogens (tertiary/aromatic N) is 1. The summed E-state index contributed by atoms with van der Waals surface area (Å²) in [4.78, 5) is 25.8. The zero-order chi connectivity index (χ0) is 27.6. The molecule has 0 spiro atoms. The van der Waals surface area contributed by atoms with E-state index in [1.54, 1.807) is 41.0 Å². The number of methoxy groups -OCH3 is 2. The highest BCUT2D eigenvalue weighted by atomic mass is 19.4. The molecule has 0 amide bonds. The summed E-state index contributed by atoms with van der Waals surface area (Å²) in [5.74, 6) is -0.530. The molecule has 0 unspecified atom stereocenters. The third-order valence-electron chi connectivity index (χ3n) is 5.59. The predicted molar refractivity (Wildman–Crippen MR) is 133 cm³/mol. The van der Waals surface area contributed by atoms with Crippen LogP contribution in [0.25, 0.3) is 16.6 Å². The molecule has 4 rings (SSSR count). The molecule has 10 heteroatoms. The Labute approximate surface area is 216 Å². The quantitative estimate of drug-likeness (QED) is 0.246. The second kappa shape index (κ2) is 10.5. The van der Waals surface area contributed by atoms with Crippen LogP contribution < -0.4 is 9.47 Å². The number of ether oxygens (including phenoxy) is 4. The number of fused-ring (bicyclic) bond motifs is 1. The molecular weight excluding hydrogens is 503 g/mol. The molecule has 3 aromatic carbocycles. The second-order valence-corrected chi connectivity index (χ2v) is 8.51. The maximum absolute atomic E-state index is 12.9. The van der Waals surface area contributed by atoms with E-state index in [4.69, 9.17) is 18.9 Å². The number of rotatable bonds is 7. The van der Waals surface area contributed by atoms with Crippen molar-refractivity contribution in [2.75, 3.05) is 14.2 Å². The zero-order valence-electron chi connectivity index (χ0n) is 21.0. The van der Waals surface area contributed by atoms with Crippen molar-refractivity contribution in [1.29, 1.82) is 0 Å². The number of carbonyl (C=O) groups is 2. The fraction of sp³-hybridized carbons (Fsp3) is 0.214. The maximum Gasteiger partial charge on any atom is 0.416 e. The first-order valence-corrected chi connectivity index (χ1v) is 11.5. The normalized spacial score (nSPS) is 11.5. The van der Waals surface area contributed by atoms with Gasteiger partial charge in [0.05, 0.1) is 31.4 Å². The molecule has 0 bridgehead atoms. The van der Waals surface area contributed by atoms with Crippen LogP contribution in [0.3, 0.4) is 0 Å². The van der Waals surface area contributed by atoms with Gasteiger partial charge in [0.15, 0.2) is 0 Å². The van der Waals surface area contributed by atoms with Crippen LogP contribution in [0.2, 0.25) is 0 Å². The number of hydrogen-bond donors (Lipinski definition) is 0. The highest BCUT2D eigenvalue weighted by Gasteiger charge is 2.31. The molecule has 7 nitrogen and oxygen atoms in total. The van der Waals surface area contributed by atoms with E-state index in [2.05, 4.69) is 0 Å². The van der Waals surface area contributed by atoms with Crippen molar-refractivity contribution in [2.45, 2.75) is 26.1 Å². The molecule has 4 aromatic rings. The Kier molecular flexibility index (Phi) is 7.34. The summed E-state index contributed by atoms with van der Waals surface area (Å²) in [6.45, 7) is 3.80. The van der Waals surface area contributed by atoms with Gasteiger partial charge in [-0.15, -0.1) is 0 Å². The van der Waals surface area contributed by atoms with Crippen LogP contribution in [0.15, 0.2) is 66.7 Å². The van der Waals surface area contributed by atoms with Gasteiger partial charge in [-0.05, 0) is 80.6 Å². The van der Waals surface area contributed by atoms with Gasteiger partial charge < -0.3 is 23.5 Å². The Balaban J connectivity index is 1.85. The molecule has 0 saturated carbocycles. The summed E-state index contributed by atoms with van der Waals surface area (Å²) in [5, 5.41) is 0.323. The fourth-order valence-electron chi connectivity index (χ4n) is 3.99. The minimum absolute atomic E-state index is 0.0343. The van der Waals surface area contributed by atoms with Gasteiger partial charge in [-0.1, -0.05) is 0 Å². The number of benzene rings is 3. The summed E-state index contributed by atoms with van der Waals surface area (Å²) < 4.78 is 61.7. The number of alkyl halides is 3. The monoisotopic (exact) mass is 527 g/mol. The standard InChI is InChI=1S/C28H24F3NO6/c1-16(2)37-19-11-7-18(8-12-19)32-23-14-13-21(38-20-9-5-17(6-10-20)28(29,30)31)15-22(23)24(26(33)35-3)25(32)27(34)36-4/h5-16H,1-4H3. The molecule has 0 aliphatic carbocycles. The van der Waals surface area contributed by atoms with Gasteiger partial charge in [0, 0.05) is 11.1 Å². The number of carbonyl (C=O) groups excluding carboxylic acids is 2. The lowest BCUT2D eigenvalue weighted by Gasteiger charge is -2.13. The van der Waals surface area contributed by atoms with Gasteiger partial charge >= 0.3 is 18.1 Å². The zero-order valence-corrected chi connectivity index (χ0v) is 21.0. The smallest absolute Gasteiger partial charge is 0.416 e. The lowest BCUT2D eigenvalue weighted by molar-refractivity contribution is -0.137. The molecule has 0 radical (unpaired) electrons. The van der Waals surface area contributed by atoms with Crippen molar-refractivity contribution in [3.05, 3.63) is 83.6 Å². The SMILES string of the molecule is COC(=O)c1c(C(=O)OC)n(-c2ccc(OC(C)C)cc2)c2ccc(Oc3ccc(C(F)(F)F)cc3)cc12. The Morgan fingerprint density at radius 1 is 0.789 bits per heavy atom. The van der Waals surface area contributed by atoms with E-state index in [9.17, 15) is 22.8 Å². The molecule has 0 saturated heterocycles. The largest absolute Gasteiger partial charge is 0.491 e. The van der Waals surface area contributed by atoms with Crippen LogP contribution >= 0.6 is 0 Å². The van der Waals surface area contributed by atoms with E-state index in [0.29, 0.717) is 22.3 Å². The third-order valence-corrected chi connectivity index (χ3v) is 5.59. The van der Waals surface area contributed by atoms with Gasteiger partial charge in [0.2, 0.25) is 0 Å². The lowest BCUT2D eigenvalue weighted by atomic mass is 10.1. The van der Waals surface area contributed by atoms with Crippen LogP contribution in [0.1, 0.15) is 40.3 Å². The number of esters is 2. The molecule has 0 fully saturated rings. The predicted octanol–water partition coefficient (Wildman–Crippen LogP) is 6.80. The molecule has 0 N–H and O–H groups in total. The number of aromatic nitrogens is 1. The van der Waals surface area contributed by atoms with Crippen LogP contribution in [0, 0.1) is 0 Å². The summed E-state index contributed by atoms with van der Waals surface area (Å²) in [6.07, 6.45) is -4.51. The molecule has 0 aliphatic rings. The van der Waals surface area contributed by atoms with Gasteiger partial charge in [-0.25, -0.2) is 9.59 Å². The van der Waals surface area contributed by atoms with Crippen LogP contribution in [-0.2, 0) is 15.7 Å². The second-order valence-electron chi connectivity index (χ2n) is 8.51. The summed E-state index contributed by atoms with van der Waals surface area (Å²) in [6, 6.07) is 15.9. The minimum atomic E-state index is -4.47. The van der Waals surface area contributed by atoms with Crippen molar-refractivity contribution in [3.8, 4) is 22.9 Å². The Morgan fingerprint density at radius 2 is 1.37 bits per heavy atom. The third kappa shape index (κ3) is 5.29. The first-order valence-electron chi connectivity index (χ1n) is 11.5.